The van der Waals surface area contributed by atoms with Crippen molar-refractivity contribution >= 4 is 29.3 Å². The number of halogens is 1. The first kappa shape index (κ1) is 18.5. The van der Waals surface area contributed by atoms with Gasteiger partial charge in [0.25, 0.3) is 5.22 Å². The molecule has 26 heavy (non-hydrogen) atoms. The van der Waals surface area contributed by atoms with Crippen molar-refractivity contribution in [1.29, 1.82) is 0 Å². The van der Waals surface area contributed by atoms with Crippen LogP contribution in [0.25, 0.3) is 11.5 Å². The Bertz CT molecular complexity index is 913. The van der Waals surface area contributed by atoms with Crippen LogP contribution in [0.5, 0.6) is 0 Å². The third-order valence-corrected chi connectivity index (χ3v) is 4.87. The van der Waals surface area contributed by atoms with Crippen molar-refractivity contribution in [2.24, 2.45) is 0 Å². The van der Waals surface area contributed by atoms with Gasteiger partial charge in [-0.3, -0.25) is 4.79 Å². The van der Waals surface area contributed by atoms with E-state index in [-0.39, 0.29) is 11.7 Å². The first-order valence-corrected chi connectivity index (χ1v) is 9.40. The van der Waals surface area contributed by atoms with E-state index in [4.69, 9.17) is 16.0 Å². The molecule has 5 nitrogen and oxygen atoms in total. The fourth-order valence-corrected chi connectivity index (χ4v) is 3.34. The Labute approximate surface area is 161 Å². The molecule has 0 saturated heterocycles. The van der Waals surface area contributed by atoms with Crippen molar-refractivity contribution in [2.75, 3.05) is 12.8 Å². The average molecular weight is 388 g/mol. The number of amides is 1. The molecule has 0 radical (unpaired) electrons. The summed E-state index contributed by atoms with van der Waals surface area (Å²) in [7, 11) is 1.76. The molecule has 3 rings (SSSR count). The average Bonchev–Trinajstić information content (AvgIpc) is 3.09. The number of aryl methyl sites for hydroxylation is 1. The maximum absolute atomic E-state index is 12.3. The number of hydrogen-bond donors (Lipinski definition) is 0. The predicted molar refractivity (Wildman–Crippen MR) is 103 cm³/mol. The summed E-state index contributed by atoms with van der Waals surface area (Å²) in [6.07, 6.45) is 0. The maximum atomic E-state index is 12.3. The van der Waals surface area contributed by atoms with Gasteiger partial charge in [-0.2, -0.15) is 0 Å². The summed E-state index contributed by atoms with van der Waals surface area (Å²) in [5.41, 5.74) is 2.94. The van der Waals surface area contributed by atoms with Gasteiger partial charge in [-0.25, -0.2) is 0 Å². The largest absolute Gasteiger partial charge is 0.411 e. The van der Waals surface area contributed by atoms with E-state index in [9.17, 15) is 4.79 Å². The molecule has 1 aromatic heterocycles. The van der Waals surface area contributed by atoms with E-state index >= 15 is 0 Å². The molecule has 2 aromatic carbocycles. The molecule has 3 aromatic rings. The molecule has 1 amide bonds. The lowest BCUT2D eigenvalue weighted by molar-refractivity contribution is -0.127. The standard InChI is InChI=1S/C19H18ClN3O2S/c1-13-6-3-4-9-16(13)18-21-22-19(25-18)26-12-17(24)23(2)11-14-7-5-8-15(20)10-14/h3-10H,11-12H2,1-2H3. The number of rotatable bonds is 6. The minimum atomic E-state index is -0.0226. The van der Waals surface area contributed by atoms with E-state index in [1.54, 1.807) is 11.9 Å². The summed E-state index contributed by atoms with van der Waals surface area (Å²) in [4.78, 5) is 14.0. The van der Waals surface area contributed by atoms with Crippen LogP contribution in [-0.2, 0) is 11.3 Å². The Morgan fingerprint density at radius 2 is 2.00 bits per heavy atom. The topological polar surface area (TPSA) is 59.2 Å². The molecule has 0 aliphatic rings. The maximum Gasteiger partial charge on any atom is 0.277 e. The number of thioether (sulfide) groups is 1. The van der Waals surface area contributed by atoms with E-state index in [1.807, 2.05) is 55.5 Å². The van der Waals surface area contributed by atoms with Crippen molar-refractivity contribution in [2.45, 2.75) is 18.7 Å². The third kappa shape index (κ3) is 4.65. The molecular weight excluding hydrogens is 370 g/mol. The summed E-state index contributed by atoms with van der Waals surface area (Å²) < 4.78 is 5.67. The van der Waals surface area contributed by atoms with E-state index in [1.165, 1.54) is 11.8 Å². The zero-order valence-corrected chi connectivity index (χ0v) is 16.0. The van der Waals surface area contributed by atoms with Crippen molar-refractivity contribution in [3.05, 3.63) is 64.7 Å². The van der Waals surface area contributed by atoms with Crippen LogP contribution in [0.2, 0.25) is 5.02 Å². The lowest BCUT2D eigenvalue weighted by Gasteiger charge is -2.16. The molecule has 0 N–H and O–H groups in total. The number of aromatic nitrogens is 2. The Kier molecular flexibility index (Phi) is 5.96. The summed E-state index contributed by atoms with van der Waals surface area (Å²) in [5, 5.41) is 9.13. The predicted octanol–water partition coefficient (Wildman–Crippen LogP) is 4.45. The second-order valence-corrected chi connectivity index (χ2v) is 7.22. The van der Waals surface area contributed by atoms with Crippen LogP contribution in [0.4, 0.5) is 0 Å². The number of carbonyl (C=O) groups is 1. The van der Waals surface area contributed by atoms with E-state index in [0.717, 1.165) is 16.7 Å². The quantitative estimate of drug-likeness (QED) is 0.585. The van der Waals surface area contributed by atoms with Crippen LogP contribution in [0.1, 0.15) is 11.1 Å². The van der Waals surface area contributed by atoms with Crippen molar-refractivity contribution in [3.8, 4) is 11.5 Å². The van der Waals surface area contributed by atoms with Gasteiger partial charge in [0.1, 0.15) is 0 Å². The lowest BCUT2D eigenvalue weighted by atomic mass is 10.1. The van der Waals surface area contributed by atoms with Gasteiger partial charge in [-0.05, 0) is 36.2 Å². The monoisotopic (exact) mass is 387 g/mol. The van der Waals surface area contributed by atoms with Crippen molar-refractivity contribution in [1.82, 2.24) is 15.1 Å². The van der Waals surface area contributed by atoms with E-state index < -0.39 is 0 Å². The minimum Gasteiger partial charge on any atom is -0.411 e. The van der Waals surface area contributed by atoms with Gasteiger partial charge < -0.3 is 9.32 Å². The molecule has 0 unspecified atom stereocenters. The van der Waals surface area contributed by atoms with Crippen LogP contribution in [0, 0.1) is 6.92 Å². The van der Waals surface area contributed by atoms with Gasteiger partial charge in [0.05, 0.1) is 5.75 Å². The molecule has 0 aliphatic carbocycles. The van der Waals surface area contributed by atoms with Crippen LogP contribution in [0.3, 0.4) is 0 Å². The van der Waals surface area contributed by atoms with Crippen LogP contribution < -0.4 is 0 Å². The molecule has 0 aliphatic heterocycles. The normalized spacial score (nSPS) is 10.7. The van der Waals surface area contributed by atoms with Crippen LogP contribution >= 0.6 is 23.4 Å². The molecule has 0 fully saturated rings. The van der Waals surface area contributed by atoms with Gasteiger partial charge in [-0.15, -0.1) is 10.2 Å². The Balaban J connectivity index is 1.57. The van der Waals surface area contributed by atoms with E-state index in [2.05, 4.69) is 10.2 Å². The summed E-state index contributed by atoms with van der Waals surface area (Å²) in [5.74, 6) is 0.669. The first-order valence-electron chi connectivity index (χ1n) is 8.03. The highest BCUT2D eigenvalue weighted by Crippen LogP contribution is 2.25. The van der Waals surface area contributed by atoms with Gasteiger partial charge in [0, 0.05) is 24.2 Å². The Morgan fingerprint density at radius 3 is 2.77 bits per heavy atom. The number of carbonyl (C=O) groups excluding carboxylic acids is 1. The number of benzene rings is 2. The molecule has 134 valence electrons. The fraction of sp³-hybridized carbons (Fsp3) is 0.211. The summed E-state index contributed by atoms with van der Waals surface area (Å²) >= 11 is 7.21. The van der Waals surface area contributed by atoms with Gasteiger partial charge in [-0.1, -0.05) is 53.7 Å². The molecule has 7 heteroatoms. The zero-order valence-electron chi connectivity index (χ0n) is 14.5. The zero-order chi connectivity index (χ0) is 18.5. The third-order valence-electron chi connectivity index (χ3n) is 3.84. The summed E-state index contributed by atoms with van der Waals surface area (Å²) in [6, 6.07) is 15.3. The second kappa shape index (κ2) is 8.38. The van der Waals surface area contributed by atoms with Crippen molar-refractivity contribution < 1.29 is 9.21 Å². The first-order chi connectivity index (χ1) is 12.5. The SMILES string of the molecule is Cc1ccccc1-c1nnc(SCC(=O)N(C)Cc2cccc(Cl)c2)o1. The Morgan fingerprint density at radius 1 is 1.19 bits per heavy atom. The van der Waals surface area contributed by atoms with Gasteiger partial charge >= 0.3 is 0 Å². The highest BCUT2D eigenvalue weighted by Gasteiger charge is 2.15. The number of hydrogen-bond acceptors (Lipinski definition) is 5. The molecule has 0 atom stereocenters. The van der Waals surface area contributed by atoms with Crippen LogP contribution in [0.15, 0.2) is 58.2 Å². The number of nitrogens with zero attached hydrogens (tertiary/aromatic N) is 3. The second-order valence-electron chi connectivity index (χ2n) is 5.86. The van der Waals surface area contributed by atoms with Crippen molar-refractivity contribution in [3.63, 3.8) is 0 Å². The molecule has 0 bridgehead atoms. The highest BCUT2D eigenvalue weighted by atomic mass is 35.5. The smallest absolute Gasteiger partial charge is 0.277 e. The van der Waals surface area contributed by atoms with Gasteiger partial charge in [0.2, 0.25) is 11.8 Å². The molecule has 0 spiro atoms. The molecular formula is C19H18ClN3O2S. The molecule has 0 saturated carbocycles. The highest BCUT2D eigenvalue weighted by molar-refractivity contribution is 7.99. The van der Waals surface area contributed by atoms with Gasteiger partial charge in [0.15, 0.2) is 0 Å². The molecule has 1 heterocycles. The van der Waals surface area contributed by atoms with E-state index in [0.29, 0.717) is 22.7 Å². The van der Waals surface area contributed by atoms with Crippen LogP contribution in [-0.4, -0.2) is 33.8 Å². The Hall–Kier alpha value is -2.31. The minimum absolute atomic E-state index is 0.0226. The summed E-state index contributed by atoms with van der Waals surface area (Å²) in [6.45, 7) is 2.49. The fourth-order valence-electron chi connectivity index (χ4n) is 2.42. The lowest BCUT2D eigenvalue weighted by Crippen LogP contribution is -2.27.